The summed E-state index contributed by atoms with van der Waals surface area (Å²) in [6, 6.07) is 24.2. The van der Waals surface area contributed by atoms with Crippen LogP contribution in [0.25, 0.3) is 22.5 Å². The van der Waals surface area contributed by atoms with Crippen molar-refractivity contribution in [3.63, 3.8) is 0 Å². The largest absolute Gasteiger partial charge is 0.398 e. The van der Waals surface area contributed by atoms with Gasteiger partial charge in [-0.1, -0.05) is 60.1 Å². The molecular weight excluding hydrogens is 408 g/mol. The molecule has 4 aromatic rings. The number of sulfonamides is 1. The summed E-state index contributed by atoms with van der Waals surface area (Å²) in [6.45, 7) is 0. The van der Waals surface area contributed by atoms with E-state index in [1.54, 1.807) is 42.5 Å². The van der Waals surface area contributed by atoms with Crippen LogP contribution in [-0.2, 0) is 10.0 Å². The summed E-state index contributed by atoms with van der Waals surface area (Å²) in [6.07, 6.45) is 0. The number of nitrogens with zero attached hydrogens (tertiary/aromatic N) is 2. The summed E-state index contributed by atoms with van der Waals surface area (Å²) in [5.74, 6) is 0. The topological polar surface area (TPSA) is 90.0 Å². The summed E-state index contributed by atoms with van der Waals surface area (Å²) in [5, 5.41) is 5.07. The third kappa shape index (κ3) is 3.96. The van der Waals surface area contributed by atoms with Gasteiger partial charge in [0.1, 0.15) is 0 Å². The first-order chi connectivity index (χ1) is 13.9. The third-order valence-corrected chi connectivity index (χ3v) is 5.90. The second-order valence-corrected chi connectivity index (χ2v) is 8.43. The van der Waals surface area contributed by atoms with Gasteiger partial charge in [-0.2, -0.15) is 23.1 Å². The number of benzene rings is 3. The summed E-state index contributed by atoms with van der Waals surface area (Å²) < 4.78 is 25.7. The molecule has 4 rings (SSSR count). The Labute approximate surface area is 173 Å². The van der Waals surface area contributed by atoms with E-state index in [-0.39, 0.29) is 4.90 Å². The van der Waals surface area contributed by atoms with Gasteiger partial charge in [0.2, 0.25) is 0 Å². The van der Waals surface area contributed by atoms with Crippen LogP contribution in [0.2, 0.25) is 5.02 Å². The number of hydrogen-bond donors (Lipinski definition) is 2. The molecule has 3 aromatic carbocycles. The summed E-state index contributed by atoms with van der Waals surface area (Å²) >= 11 is 5.97. The van der Waals surface area contributed by atoms with Gasteiger partial charge >= 0.3 is 0 Å². The van der Waals surface area contributed by atoms with Crippen LogP contribution >= 0.6 is 11.6 Å². The molecule has 8 heteroatoms. The fraction of sp³-hybridized carbons (Fsp3) is 0. The van der Waals surface area contributed by atoms with Crippen LogP contribution in [0.3, 0.4) is 0 Å². The van der Waals surface area contributed by atoms with Crippen molar-refractivity contribution < 1.29 is 8.42 Å². The van der Waals surface area contributed by atoms with Crippen LogP contribution in [0.15, 0.2) is 89.8 Å². The molecule has 0 atom stereocenters. The number of halogens is 1. The van der Waals surface area contributed by atoms with Crippen molar-refractivity contribution in [3.8, 4) is 22.5 Å². The molecule has 0 radical (unpaired) electrons. The van der Waals surface area contributed by atoms with Gasteiger partial charge in [-0.3, -0.25) is 0 Å². The third-order valence-electron chi connectivity index (χ3n) is 4.35. The number of nitrogen functional groups attached to an aromatic ring is 1. The van der Waals surface area contributed by atoms with Crippen LogP contribution in [0.1, 0.15) is 0 Å². The zero-order valence-electron chi connectivity index (χ0n) is 15.2. The van der Waals surface area contributed by atoms with E-state index in [9.17, 15) is 8.42 Å². The highest BCUT2D eigenvalue weighted by atomic mass is 35.5. The zero-order chi connectivity index (χ0) is 20.4. The van der Waals surface area contributed by atoms with E-state index in [1.807, 2.05) is 30.3 Å². The van der Waals surface area contributed by atoms with Crippen LogP contribution in [0.4, 0.5) is 5.69 Å². The van der Waals surface area contributed by atoms with E-state index in [0.29, 0.717) is 27.7 Å². The Balaban J connectivity index is 1.83. The predicted octanol–water partition coefficient (Wildman–Crippen LogP) is 4.39. The molecule has 0 saturated heterocycles. The van der Waals surface area contributed by atoms with Gasteiger partial charge in [-0.25, -0.2) is 0 Å². The van der Waals surface area contributed by atoms with Gasteiger partial charge in [0, 0.05) is 21.8 Å². The lowest BCUT2D eigenvalue weighted by atomic mass is 10.1. The SMILES string of the molecule is Nc1ccccc1-c1cc(-c2ccc(Cl)cc2)nn1NS(=O)(=O)c1ccccc1. The van der Waals surface area contributed by atoms with Crippen molar-refractivity contribution in [2.45, 2.75) is 4.90 Å². The molecule has 0 spiro atoms. The molecule has 0 bridgehead atoms. The maximum Gasteiger partial charge on any atom is 0.276 e. The van der Waals surface area contributed by atoms with Crippen molar-refractivity contribution in [3.05, 3.63) is 90.0 Å². The van der Waals surface area contributed by atoms with E-state index in [2.05, 4.69) is 9.93 Å². The normalized spacial score (nSPS) is 11.3. The molecule has 3 N–H and O–H groups in total. The van der Waals surface area contributed by atoms with E-state index in [4.69, 9.17) is 17.3 Å². The second-order valence-electron chi connectivity index (χ2n) is 6.33. The van der Waals surface area contributed by atoms with E-state index >= 15 is 0 Å². The first-order valence-electron chi connectivity index (χ1n) is 8.73. The molecular formula is C21H17ClN4O2S. The van der Waals surface area contributed by atoms with E-state index < -0.39 is 10.0 Å². The van der Waals surface area contributed by atoms with Gasteiger partial charge < -0.3 is 5.73 Å². The number of hydrogen-bond acceptors (Lipinski definition) is 4. The highest BCUT2D eigenvalue weighted by molar-refractivity contribution is 7.92. The molecule has 1 heterocycles. The van der Waals surface area contributed by atoms with E-state index in [0.717, 1.165) is 5.56 Å². The molecule has 29 heavy (non-hydrogen) atoms. The fourth-order valence-electron chi connectivity index (χ4n) is 2.90. The Bertz CT molecular complexity index is 1250. The van der Waals surface area contributed by atoms with Crippen molar-refractivity contribution >= 4 is 27.3 Å². The minimum Gasteiger partial charge on any atom is -0.398 e. The number of nitrogens with two attached hydrogens (primary N) is 1. The van der Waals surface area contributed by atoms with Crippen LogP contribution in [0.5, 0.6) is 0 Å². The Morgan fingerprint density at radius 3 is 2.24 bits per heavy atom. The van der Waals surface area contributed by atoms with Gasteiger partial charge in [0.05, 0.1) is 16.3 Å². The fourth-order valence-corrected chi connectivity index (χ4v) is 4.01. The number of anilines is 1. The molecule has 0 amide bonds. The maximum absolute atomic E-state index is 12.8. The minimum absolute atomic E-state index is 0.135. The van der Waals surface area contributed by atoms with Crippen molar-refractivity contribution in [2.75, 3.05) is 10.6 Å². The Kier molecular flexibility index (Phi) is 5.00. The Morgan fingerprint density at radius 2 is 1.55 bits per heavy atom. The first-order valence-corrected chi connectivity index (χ1v) is 10.6. The molecule has 0 aliphatic heterocycles. The van der Waals surface area contributed by atoms with Crippen LogP contribution in [-0.4, -0.2) is 18.3 Å². The molecule has 0 fully saturated rings. The highest BCUT2D eigenvalue weighted by Gasteiger charge is 2.19. The van der Waals surface area contributed by atoms with Crippen LogP contribution in [0, 0.1) is 0 Å². The predicted molar refractivity (Wildman–Crippen MR) is 116 cm³/mol. The molecule has 0 aliphatic rings. The average molecular weight is 425 g/mol. The summed E-state index contributed by atoms with van der Waals surface area (Å²) in [7, 11) is -3.84. The Hall–Kier alpha value is -3.29. The standard InChI is InChI=1S/C21H17ClN4O2S/c22-16-12-10-15(11-13-16)20-14-21(18-8-4-5-9-19(18)23)26(24-20)25-29(27,28)17-6-2-1-3-7-17/h1-14,25H,23H2. The van der Waals surface area contributed by atoms with Crippen molar-refractivity contribution in [1.29, 1.82) is 0 Å². The van der Waals surface area contributed by atoms with Gasteiger partial charge in [0.25, 0.3) is 10.0 Å². The lowest BCUT2D eigenvalue weighted by Gasteiger charge is -2.12. The molecule has 1 aromatic heterocycles. The van der Waals surface area contributed by atoms with Crippen LogP contribution < -0.4 is 10.6 Å². The van der Waals surface area contributed by atoms with E-state index in [1.165, 1.54) is 16.9 Å². The highest BCUT2D eigenvalue weighted by Crippen LogP contribution is 2.30. The number of para-hydroxylation sites is 1. The van der Waals surface area contributed by atoms with Crippen molar-refractivity contribution in [2.24, 2.45) is 0 Å². The number of aromatic nitrogens is 2. The van der Waals surface area contributed by atoms with Gasteiger partial charge in [0.15, 0.2) is 0 Å². The smallest absolute Gasteiger partial charge is 0.276 e. The summed E-state index contributed by atoms with van der Waals surface area (Å²) in [4.78, 5) is 3.90. The minimum atomic E-state index is -3.84. The van der Waals surface area contributed by atoms with Gasteiger partial charge in [-0.05, 0) is 36.4 Å². The second kappa shape index (κ2) is 7.62. The lowest BCUT2D eigenvalue weighted by Crippen LogP contribution is -2.25. The maximum atomic E-state index is 12.8. The monoisotopic (exact) mass is 424 g/mol. The van der Waals surface area contributed by atoms with Gasteiger partial charge in [-0.15, -0.1) is 0 Å². The molecule has 0 aliphatic carbocycles. The number of rotatable bonds is 5. The number of nitrogens with one attached hydrogen (secondary N) is 1. The first kappa shape index (κ1) is 19.0. The molecule has 6 nitrogen and oxygen atoms in total. The summed E-state index contributed by atoms with van der Waals surface area (Å²) in [5.41, 5.74) is 9.20. The van der Waals surface area contributed by atoms with Crippen molar-refractivity contribution in [1.82, 2.24) is 9.89 Å². The molecule has 0 saturated carbocycles. The Morgan fingerprint density at radius 1 is 0.897 bits per heavy atom. The quantitative estimate of drug-likeness (QED) is 0.465. The zero-order valence-corrected chi connectivity index (χ0v) is 16.7. The average Bonchev–Trinajstić information content (AvgIpc) is 3.12. The lowest BCUT2D eigenvalue weighted by molar-refractivity contribution is 0.592. The molecule has 0 unspecified atom stereocenters. The molecule has 146 valence electrons.